The molecular weight excluding hydrogens is 260 g/mol. The lowest BCUT2D eigenvalue weighted by Crippen LogP contribution is -2.10. The van der Waals surface area contributed by atoms with Crippen molar-refractivity contribution in [3.8, 4) is 6.07 Å². The maximum Gasteiger partial charge on any atom is 0.142 e. The molecule has 0 aliphatic carbocycles. The molecule has 0 saturated heterocycles. The van der Waals surface area contributed by atoms with E-state index in [1.165, 1.54) is 0 Å². The lowest BCUT2D eigenvalue weighted by atomic mass is 10.1. The third-order valence-corrected chi connectivity index (χ3v) is 3.31. The average molecular weight is 275 g/mol. The zero-order valence-corrected chi connectivity index (χ0v) is 11.9. The number of aromatic nitrogens is 2. The van der Waals surface area contributed by atoms with Crippen LogP contribution in [0.15, 0.2) is 24.3 Å². The van der Waals surface area contributed by atoms with Crippen LogP contribution in [0.2, 0.25) is 5.02 Å². The summed E-state index contributed by atoms with van der Waals surface area (Å²) in [5, 5.41) is 17.5. The second-order valence-corrected chi connectivity index (χ2v) is 4.90. The zero-order chi connectivity index (χ0) is 14.0. The summed E-state index contributed by atoms with van der Waals surface area (Å²) in [6.45, 7) is 3.86. The second kappa shape index (κ2) is 5.33. The number of nitrogens with zero attached hydrogens (tertiary/aromatic N) is 3. The Morgan fingerprint density at radius 2 is 2.00 bits per heavy atom. The van der Waals surface area contributed by atoms with Crippen molar-refractivity contribution >= 4 is 17.4 Å². The molecule has 0 radical (unpaired) electrons. The topological polar surface area (TPSA) is 53.6 Å². The van der Waals surface area contributed by atoms with E-state index >= 15 is 0 Å². The summed E-state index contributed by atoms with van der Waals surface area (Å²) >= 11 is 5.88. The molecule has 2 rings (SSSR count). The van der Waals surface area contributed by atoms with Gasteiger partial charge in [-0.05, 0) is 31.5 Å². The normalized spacial score (nSPS) is 11.9. The van der Waals surface area contributed by atoms with Gasteiger partial charge in [-0.3, -0.25) is 4.68 Å². The molecule has 5 heteroatoms. The van der Waals surface area contributed by atoms with Crippen molar-refractivity contribution in [2.24, 2.45) is 7.05 Å². The molecule has 1 heterocycles. The molecule has 0 amide bonds. The number of rotatable bonds is 3. The molecule has 0 fully saturated rings. The molecule has 1 aromatic carbocycles. The van der Waals surface area contributed by atoms with Gasteiger partial charge in [-0.2, -0.15) is 10.4 Å². The largest absolute Gasteiger partial charge is 0.363 e. The van der Waals surface area contributed by atoms with Gasteiger partial charge < -0.3 is 5.32 Å². The fourth-order valence-corrected chi connectivity index (χ4v) is 2.12. The molecule has 4 nitrogen and oxygen atoms in total. The van der Waals surface area contributed by atoms with Crippen molar-refractivity contribution < 1.29 is 0 Å². The smallest absolute Gasteiger partial charge is 0.142 e. The molecular formula is C14H15ClN4. The number of nitriles is 1. The first kappa shape index (κ1) is 13.4. The molecule has 1 unspecified atom stereocenters. The Labute approximate surface area is 117 Å². The van der Waals surface area contributed by atoms with E-state index in [4.69, 9.17) is 11.6 Å². The standard InChI is InChI=1S/C14H15ClN4/c1-9(11-4-6-12(15)7-5-11)17-14-13(8-16)10(2)18-19(14)3/h4-7,9,17H,1-3H3. The molecule has 1 N–H and O–H groups in total. The van der Waals surface area contributed by atoms with E-state index in [9.17, 15) is 5.26 Å². The first-order valence-electron chi connectivity index (χ1n) is 5.98. The van der Waals surface area contributed by atoms with Crippen molar-refractivity contribution in [2.45, 2.75) is 19.9 Å². The highest BCUT2D eigenvalue weighted by atomic mass is 35.5. The fraction of sp³-hybridized carbons (Fsp3) is 0.286. The van der Waals surface area contributed by atoms with Crippen LogP contribution in [0.1, 0.15) is 29.8 Å². The highest BCUT2D eigenvalue weighted by Gasteiger charge is 2.15. The van der Waals surface area contributed by atoms with E-state index in [0.717, 1.165) is 17.1 Å². The minimum absolute atomic E-state index is 0.0687. The Morgan fingerprint density at radius 1 is 1.37 bits per heavy atom. The van der Waals surface area contributed by atoms with Gasteiger partial charge in [-0.25, -0.2) is 0 Å². The monoisotopic (exact) mass is 274 g/mol. The third kappa shape index (κ3) is 2.72. The van der Waals surface area contributed by atoms with Crippen LogP contribution < -0.4 is 5.32 Å². The van der Waals surface area contributed by atoms with Crippen LogP contribution in [0.4, 0.5) is 5.82 Å². The number of nitrogens with one attached hydrogen (secondary N) is 1. The summed E-state index contributed by atoms with van der Waals surface area (Å²) in [5.74, 6) is 0.738. The van der Waals surface area contributed by atoms with E-state index < -0.39 is 0 Å². The van der Waals surface area contributed by atoms with Crippen LogP contribution >= 0.6 is 11.6 Å². The summed E-state index contributed by atoms with van der Waals surface area (Å²) in [6.07, 6.45) is 0. The SMILES string of the molecule is Cc1nn(C)c(NC(C)c2ccc(Cl)cc2)c1C#N. The molecule has 0 spiro atoms. The van der Waals surface area contributed by atoms with Crippen molar-refractivity contribution in [1.82, 2.24) is 9.78 Å². The fourth-order valence-electron chi connectivity index (χ4n) is 2.00. The zero-order valence-electron chi connectivity index (χ0n) is 11.1. The maximum atomic E-state index is 9.17. The number of hydrogen-bond donors (Lipinski definition) is 1. The summed E-state index contributed by atoms with van der Waals surface area (Å²) in [4.78, 5) is 0. The highest BCUT2D eigenvalue weighted by Crippen LogP contribution is 2.24. The van der Waals surface area contributed by atoms with E-state index in [2.05, 4.69) is 16.5 Å². The van der Waals surface area contributed by atoms with E-state index in [1.807, 2.05) is 45.2 Å². The Kier molecular flexibility index (Phi) is 3.77. The molecule has 0 saturated carbocycles. The number of hydrogen-bond acceptors (Lipinski definition) is 3. The summed E-state index contributed by atoms with van der Waals surface area (Å²) < 4.78 is 1.69. The molecule has 98 valence electrons. The van der Waals surface area contributed by atoms with Gasteiger partial charge in [0.2, 0.25) is 0 Å². The van der Waals surface area contributed by atoms with Crippen LogP contribution in [0.5, 0.6) is 0 Å². The van der Waals surface area contributed by atoms with Crippen molar-refractivity contribution in [2.75, 3.05) is 5.32 Å². The first-order chi connectivity index (χ1) is 9.02. The van der Waals surface area contributed by atoms with Crippen LogP contribution in [0, 0.1) is 18.3 Å². The van der Waals surface area contributed by atoms with E-state index in [-0.39, 0.29) is 6.04 Å². The van der Waals surface area contributed by atoms with Crippen LogP contribution in [-0.4, -0.2) is 9.78 Å². The Bertz CT molecular complexity index is 622. The Balaban J connectivity index is 2.26. The molecule has 1 aromatic heterocycles. The molecule has 2 aromatic rings. The molecule has 0 aliphatic rings. The van der Waals surface area contributed by atoms with Gasteiger partial charge in [-0.1, -0.05) is 23.7 Å². The van der Waals surface area contributed by atoms with Gasteiger partial charge in [0.25, 0.3) is 0 Å². The van der Waals surface area contributed by atoms with E-state index in [0.29, 0.717) is 10.6 Å². The molecule has 1 atom stereocenters. The van der Waals surface area contributed by atoms with Crippen molar-refractivity contribution in [3.63, 3.8) is 0 Å². The minimum Gasteiger partial charge on any atom is -0.363 e. The van der Waals surface area contributed by atoms with Gasteiger partial charge in [0.1, 0.15) is 17.5 Å². The average Bonchev–Trinajstić information content (AvgIpc) is 2.64. The molecule has 19 heavy (non-hydrogen) atoms. The van der Waals surface area contributed by atoms with Gasteiger partial charge in [0.05, 0.1) is 5.69 Å². The van der Waals surface area contributed by atoms with Crippen molar-refractivity contribution in [3.05, 3.63) is 46.1 Å². The van der Waals surface area contributed by atoms with Gasteiger partial charge in [-0.15, -0.1) is 0 Å². The quantitative estimate of drug-likeness (QED) is 0.933. The predicted octanol–water partition coefficient (Wildman–Crippen LogP) is 3.43. The highest BCUT2D eigenvalue weighted by molar-refractivity contribution is 6.30. The van der Waals surface area contributed by atoms with Crippen LogP contribution in [0.25, 0.3) is 0 Å². The summed E-state index contributed by atoms with van der Waals surface area (Å²) in [7, 11) is 1.82. The van der Waals surface area contributed by atoms with Crippen LogP contribution in [0.3, 0.4) is 0 Å². The number of anilines is 1. The summed E-state index contributed by atoms with van der Waals surface area (Å²) in [5.41, 5.74) is 2.42. The minimum atomic E-state index is 0.0687. The van der Waals surface area contributed by atoms with Crippen LogP contribution in [-0.2, 0) is 7.05 Å². The lowest BCUT2D eigenvalue weighted by Gasteiger charge is -2.16. The van der Waals surface area contributed by atoms with Crippen molar-refractivity contribution in [1.29, 1.82) is 5.26 Å². The van der Waals surface area contributed by atoms with Gasteiger partial charge in [0.15, 0.2) is 0 Å². The van der Waals surface area contributed by atoms with Gasteiger partial charge >= 0.3 is 0 Å². The lowest BCUT2D eigenvalue weighted by molar-refractivity contribution is 0.742. The van der Waals surface area contributed by atoms with Gasteiger partial charge in [0, 0.05) is 18.1 Å². The maximum absolute atomic E-state index is 9.17. The summed E-state index contributed by atoms with van der Waals surface area (Å²) in [6, 6.07) is 9.90. The first-order valence-corrected chi connectivity index (χ1v) is 6.36. The van der Waals surface area contributed by atoms with E-state index in [1.54, 1.807) is 4.68 Å². The predicted molar refractivity (Wildman–Crippen MR) is 76.1 cm³/mol. The Morgan fingerprint density at radius 3 is 2.58 bits per heavy atom. The Hall–Kier alpha value is -1.99. The second-order valence-electron chi connectivity index (χ2n) is 4.46. The molecule has 0 aliphatic heterocycles. The number of benzene rings is 1. The number of aryl methyl sites for hydroxylation is 2. The number of halogens is 1. The molecule has 0 bridgehead atoms. The third-order valence-electron chi connectivity index (χ3n) is 3.06.